The van der Waals surface area contributed by atoms with Crippen molar-refractivity contribution in [2.24, 2.45) is 0 Å². The summed E-state index contributed by atoms with van der Waals surface area (Å²) in [6, 6.07) is 36.7. The summed E-state index contributed by atoms with van der Waals surface area (Å²) in [6.07, 6.45) is 0. The number of fused-ring (bicyclic) bond motifs is 3. The Bertz CT molecular complexity index is 1610. The van der Waals surface area contributed by atoms with E-state index in [1.165, 1.54) is 21.5 Å². The van der Waals surface area contributed by atoms with Gasteiger partial charge in [0.25, 0.3) is 0 Å². The van der Waals surface area contributed by atoms with Gasteiger partial charge in [0, 0.05) is 21.7 Å². The maximum atomic E-state index is 6.10. The summed E-state index contributed by atoms with van der Waals surface area (Å²) < 4.78 is 0. The van der Waals surface area contributed by atoms with Crippen LogP contribution in [0.25, 0.3) is 55.7 Å². The number of benzene rings is 5. The van der Waals surface area contributed by atoms with E-state index in [1.807, 2.05) is 54.6 Å². The van der Waals surface area contributed by atoms with Crippen LogP contribution in [-0.4, -0.2) is 15.0 Å². The Hall–Kier alpha value is -4.08. The van der Waals surface area contributed by atoms with Gasteiger partial charge < -0.3 is 0 Å². The lowest BCUT2D eigenvalue weighted by molar-refractivity contribution is 1.07. The van der Waals surface area contributed by atoms with Gasteiger partial charge >= 0.3 is 0 Å². The molecule has 5 aromatic carbocycles. The van der Waals surface area contributed by atoms with Crippen LogP contribution in [0.15, 0.2) is 109 Å². The van der Waals surface area contributed by atoms with Gasteiger partial charge in [0.15, 0.2) is 17.5 Å². The second-order valence-corrected chi connectivity index (χ2v) is 8.34. The molecule has 1 aromatic heterocycles. The van der Waals surface area contributed by atoms with Crippen molar-refractivity contribution < 1.29 is 0 Å². The number of rotatable bonds is 3. The fraction of sp³-hybridized carbons (Fsp3) is 0. The second-order valence-electron chi connectivity index (χ2n) is 7.90. The average Bonchev–Trinajstić information content (AvgIpc) is 2.89. The molecule has 0 aliphatic carbocycles. The van der Waals surface area contributed by atoms with Gasteiger partial charge in [0.1, 0.15) is 0 Å². The summed E-state index contributed by atoms with van der Waals surface area (Å²) in [7, 11) is 0. The van der Waals surface area contributed by atoms with E-state index >= 15 is 0 Å². The predicted molar refractivity (Wildman–Crippen MR) is 136 cm³/mol. The highest BCUT2D eigenvalue weighted by molar-refractivity contribution is 6.30. The first-order valence-corrected chi connectivity index (χ1v) is 11.1. The molecule has 0 amide bonds. The molecule has 33 heavy (non-hydrogen) atoms. The minimum Gasteiger partial charge on any atom is -0.208 e. The van der Waals surface area contributed by atoms with Crippen LogP contribution < -0.4 is 0 Å². The van der Waals surface area contributed by atoms with Crippen molar-refractivity contribution in [2.45, 2.75) is 0 Å². The molecule has 0 aliphatic rings. The molecule has 0 aliphatic heterocycles. The highest BCUT2D eigenvalue weighted by Crippen LogP contribution is 2.30. The van der Waals surface area contributed by atoms with Gasteiger partial charge in [-0.25, -0.2) is 15.0 Å². The Balaban J connectivity index is 1.58. The van der Waals surface area contributed by atoms with Gasteiger partial charge in [-0.05, 0) is 51.9 Å². The Labute approximate surface area is 196 Å². The molecule has 0 fully saturated rings. The molecule has 0 saturated heterocycles. The average molecular weight is 444 g/mol. The Morgan fingerprint density at radius 2 is 0.939 bits per heavy atom. The lowest BCUT2D eigenvalue weighted by Crippen LogP contribution is -2.00. The van der Waals surface area contributed by atoms with E-state index in [0.29, 0.717) is 22.5 Å². The van der Waals surface area contributed by atoms with Crippen LogP contribution in [0.5, 0.6) is 0 Å². The van der Waals surface area contributed by atoms with E-state index < -0.39 is 0 Å². The maximum Gasteiger partial charge on any atom is 0.164 e. The van der Waals surface area contributed by atoms with Gasteiger partial charge in [-0.1, -0.05) is 90.5 Å². The maximum absolute atomic E-state index is 6.10. The molecule has 6 rings (SSSR count). The summed E-state index contributed by atoms with van der Waals surface area (Å²) in [5, 5.41) is 5.47. The molecule has 0 radical (unpaired) electrons. The summed E-state index contributed by atoms with van der Waals surface area (Å²) in [5.41, 5.74) is 2.79. The monoisotopic (exact) mass is 443 g/mol. The Kier molecular flexibility index (Phi) is 4.82. The Morgan fingerprint density at radius 1 is 0.424 bits per heavy atom. The zero-order valence-electron chi connectivity index (χ0n) is 17.6. The lowest BCUT2D eigenvalue weighted by Gasteiger charge is -2.10. The van der Waals surface area contributed by atoms with E-state index in [-0.39, 0.29) is 0 Å². The molecular formula is C29H18ClN3. The first-order chi connectivity index (χ1) is 16.2. The molecule has 0 unspecified atom stereocenters. The van der Waals surface area contributed by atoms with E-state index in [2.05, 4.69) is 54.6 Å². The van der Waals surface area contributed by atoms with Crippen molar-refractivity contribution in [1.82, 2.24) is 15.0 Å². The summed E-state index contributed by atoms with van der Waals surface area (Å²) in [5.74, 6) is 1.90. The number of hydrogen-bond acceptors (Lipinski definition) is 3. The third kappa shape index (κ3) is 3.73. The van der Waals surface area contributed by atoms with Crippen LogP contribution in [0.4, 0.5) is 0 Å². The van der Waals surface area contributed by atoms with Gasteiger partial charge in [0.05, 0.1) is 0 Å². The molecule has 6 aromatic rings. The fourth-order valence-electron chi connectivity index (χ4n) is 4.09. The van der Waals surface area contributed by atoms with Crippen LogP contribution >= 0.6 is 11.6 Å². The molecule has 0 atom stereocenters. The highest BCUT2D eigenvalue weighted by Gasteiger charge is 2.13. The molecule has 4 heteroatoms. The lowest BCUT2D eigenvalue weighted by atomic mass is 10.00. The summed E-state index contributed by atoms with van der Waals surface area (Å²) in [6.45, 7) is 0. The fourth-order valence-corrected chi connectivity index (χ4v) is 4.22. The normalized spacial score (nSPS) is 11.2. The predicted octanol–water partition coefficient (Wildman–Crippen LogP) is 7.83. The largest absolute Gasteiger partial charge is 0.208 e. The van der Waals surface area contributed by atoms with Crippen LogP contribution in [-0.2, 0) is 0 Å². The van der Waals surface area contributed by atoms with E-state index in [9.17, 15) is 0 Å². The molecule has 0 bridgehead atoms. The van der Waals surface area contributed by atoms with Crippen molar-refractivity contribution in [3.8, 4) is 34.2 Å². The number of aromatic nitrogens is 3. The van der Waals surface area contributed by atoms with Crippen LogP contribution in [0.1, 0.15) is 0 Å². The number of nitrogens with zero attached hydrogens (tertiary/aromatic N) is 3. The van der Waals surface area contributed by atoms with Crippen molar-refractivity contribution in [3.05, 3.63) is 114 Å². The van der Waals surface area contributed by atoms with Gasteiger partial charge in [-0.15, -0.1) is 0 Å². The van der Waals surface area contributed by atoms with Crippen LogP contribution in [0, 0.1) is 0 Å². The molecule has 156 valence electrons. The van der Waals surface area contributed by atoms with Crippen molar-refractivity contribution in [1.29, 1.82) is 0 Å². The van der Waals surface area contributed by atoms with Gasteiger partial charge in [0.2, 0.25) is 0 Å². The first kappa shape index (κ1) is 19.6. The van der Waals surface area contributed by atoms with Crippen LogP contribution in [0.3, 0.4) is 0 Å². The highest BCUT2D eigenvalue weighted by atomic mass is 35.5. The van der Waals surface area contributed by atoms with E-state index in [4.69, 9.17) is 26.6 Å². The molecule has 3 nitrogen and oxygen atoms in total. The van der Waals surface area contributed by atoms with Crippen molar-refractivity contribution >= 4 is 33.1 Å². The summed E-state index contributed by atoms with van der Waals surface area (Å²) >= 11 is 6.10. The molecule has 0 N–H and O–H groups in total. The molecule has 0 saturated carbocycles. The minimum atomic E-state index is 0.619. The number of hydrogen-bond donors (Lipinski definition) is 0. The number of halogens is 1. The zero-order chi connectivity index (χ0) is 22.2. The zero-order valence-corrected chi connectivity index (χ0v) is 18.4. The standard InChI is InChI=1S/C29H18ClN3/c30-24-16-14-22(15-17-24)28-31-27(21-7-2-1-3-8-21)32-29(33-28)23-13-12-20-11-10-19-6-4-5-9-25(19)26(20)18-23/h1-18H. The Morgan fingerprint density at radius 3 is 1.67 bits per heavy atom. The van der Waals surface area contributed by atoms with E-state index in [0.717, 1.165) is 16.7 Å². The first-order valence-electron chi connectivity index (χ1n) is 10.7. The third-order valence-corrected chi connectivity index (χ3v) is 6.03. The minimum absolute atomic E-state index is 0.619. The summed E-state index contributed by atoms with van der Waals surface area (Å²) in [4.78, 5) is 14.5. The SMILES string of the molecule is Clc1ccc(-c2nc(-c3ccccc3)nc(-c3ccc4ccc5ccccc5c4c3)n2)cc1. The third-order valence-electron chi connectivity index (χ3n) is 5.77. The second kappa shape index (κ2) is 8.12. The van der Waals surface area contributed by atoms with Crippen molar-refractivity contribution in [3.63, 3.8) is 0 Å². The van der Waals surface area contributed by atoms with E-state index in [1.54, 1.807) is 0 Å². The molecule has 0 spiro atoms. The van der Waals surface area contributed by atoms with Crippen molar-refractivity contribution in [2.75, 3.05) is 0 Å². The molecular weight excluding hydrogens is 426 g/mol. The smallest absolute Gasteiger partial charge is 0.164 e. The molecule has 1 heterocycles. The van der Waals surface area contributed by atoms with Gasteiger partial charge in [-0.2, -0.15) is 0 Å². The van der Waals surface area contributed by atoms with Crippen LogP contribution in [0.2, 0.25) is 5.02 Å². The topological polar surface area (TPSA) is 38.7 Å². The van der Waals surface area contributed by atoms with Gasteiger partial charge in [-0.3, -0.25) is 0 Å². The quantitative estimate of drug-likeness (QED) is 0.261.